The van der Waals surface area contributed by atoms with E-state index in [1.807, 2.05) is 26.1 Å². The summed E-state index contributed by atoms with van der Waals surface area (Å²) in [6.07, 6.45) is 2.16. The average Bonchev–Trinajstić information content (AvgIpc) is 2.86. The van der Waals surface area contributed by atoms with E-state index in [1.165, 1.54) is 0 Å². The van der Waals surface area contributed by atoms with E-state index in [0.29, 0.717) is 0 Å². The normalized spacial score (nSPS) is 20.8. The van der Waals surface area contributed by atoms with Crippen molar-refractivity contribution in [2.24, 2.45) is 5.41 Å². The number of furan rings is 1. The van der Waals surface area contributed by atoms with Crippen LogP contribution in [0.3, 0.4) is 0 Å². The van der Waals surface area contributed by atoms with E-state index in [9.17, 15) is 5.11 Å². The minimum absolute atomic E-state index is 0.0268. The zero-order valence-corrected chi connectivity index (χ0v) is 8.71. The van der Waals surface area contributed by atoms with E-state index < -0.39 is 0 Å². The lowest BCUT2D eigenvalue weighted by Crippen LogP contribution is -2.28. The summed E-state index contributed by atoms with van der Waals surface area (Å²) >= 11 is 0. The molecule has 14 heavy (non-hydrogen) atoms. The van der Waals surface area contributed by atoms with Crippen LogP contribution in [-0.4, -0.2) is 18.8 Å². The van der Waals surface area contributed by atoms with Crippen LogP contribution in [-0.2, 0) is 0 Å². The maximum absolute atomic E-state index is 9.34. The predicted octanol–water partition coefficient (Wildman–Crippen LogP) is 1.62. The fourth-order valence-corrected chi connectivity index (χ4v) is 2.06. The van der Waals surface area contributed by atoms with E-state index in [2.05, 4.69) is 5.32 Å². The highest BCUT2D eigenvalue weighted by Crippen LogP contribution is 2.54. The molecule has 2 N–H and O–H groups in total. The highest BCUT2D eigenvalue weighted by Gasteiger charge is 2.50. The van der Waals surface area contributed by atoms with Crippen molar-refractivity contribution in [1.82, 2.24) is 5.32 Å². The van der Waals surface area contributed by atoms with Crippen LogP contribution in [0.5, 0.6) is 0 Å². The maximum Gasteiger partial charge on any atom is 0.121 e. The highest BCUT2D eigenvalue weighted by atomic mass is 16.3. The number of hydrogen-bond donors (Lipinski definition) is 2. The van der Waals surface area contributed by atoms with Crippen molar-refractivity contribution in [3.05, 3.63) is 23.7 Å². The standard InChI is InChI=1S/C11H17NO2/c1-8-3-4-9(14-8)10(12-2)11(7-13)5-6-11/h3-4,10,12-13H,5-7H2,1-2H3. The largest absolute Gasteiger partial charge is 0.465 e. The fraction of sp³-hybridized carbons (Fsp3) is 0.636. The molecule has 0 spiro atoms. The lowest BCUT2D eigenvalue weighted by Gasteiger charge is -2.22. The van der Waals surface area contributed by atoms with Gasteiger partial charge in [-0.05, 0) is 38.9 Å². The molecular weight excluding hydrogens is 178 g/mol. The van der Waals surface area contributed by atoms with E-state index in [0.717, 1.165) is 24.4 Å². The molecule has 3 heteroatoms. The maximum atomic E-state index is 9.34. The topological polar surface area (TPSA) is 45.4 Å². The summed E-state index contributed by atoms with van der Waals surface area (Å²) in [6, 6.07) is 4.11. The second kappa shape index (κ2) is 3.41. The predicted molar refractivity (Wildman–Crippen MR) is 54.0 cm³/mol. The second-order valence-corrected chi connectivity index (χ2v) is 4.19. The van der Waals surface area contributed by atoms with Gasteiger partial charge in [0.15, 0.2) is 0 Å². The lowest BCUT2D eigenvalue weighted by molar-refractivity contribution is 0.163. The molecule has 1 heterocycles. The third kappa shape index (κ3) is 1.47. The van der Waals surface area contributed by atoms with E-state index in [-0.39, 0.29) is 18.1 Å². The van der Waals surface area contributed by atoms with Crippen molar-refractivity contribution >= 4 is 0 Å². The minimum Gasteiger partial charge on any atom is -0.465 e. The summed E-state index contributed by atoms with van der Waals surface area (Å²) in [5, 5.41) is 12.6. The lowest BCUT2D eigenvalue weighted by atomic mass is 9.95. The molecule has 0 aromatic carbocycles. The van der Waals surface area contributed by atoms with Crippen LogP contribution >= 0.6 is 0 Å². The van der Waals surface area contributed by atoms with Gasteiger partial charge >= 0.3 is 0 Å². The molecular formula is C11H17NO2. The Kier molecular flexibility index (Phi) is 2.37. The van der Waals surface area contributed by atoms with Crippen LogP contribution in [0.2, 0.25) is 0 Å². The summed E-state index contributed by atoms with van der Waals surface area (Å²) < 4.78 is 5.59. The van der Waals surface area contributed by atoms with Crippen molar-refractivity contribution in [1.29, 1.82) is 0 Å². The number of aryl methyl sites for hydroxylation is 1. The summed E-state index contributed by atoms with van der Waals surface area (Å²) in [4.78, 5) is 0. The molecule has 78 valence electrons. The van der Waals surface area contributed by atoms with Gasteiger partial charge in [-0.15, -0.1) is 0 Å². The second-order valence-electron chi connectivity index (χ2n) is 4.19. The molecule has 1 fully saturated rings. The van der Waals surface area contributed by atoms with Gasteiger partial charge in [-0.25, -0.2) is 0 Å². The molecule has 0 saturated heterocycles. The molecule has 0 aliphatic heterocycles. The smallest absolute Gasteiger partial charge is 0.121 e. The molecule has 0 bridgehead atoms. The highest BCUT2D eigenvalue weighted by molar-refractivity contribution is 5.16. The molecule has 1 aromatic rings. The van der Waals surface area contributed by atoms with Crippen LogP contribution in [0.25, 0.3) is 0 Å². The summed E-state index contributed by atoms with van der Waals surface area (Å²) in [6.45, 7) is 2.17. The van der Waals surface area contributed by atoms with Crippen molar-refractivity contribution in [3.8, 4) is 0 Å². The van der Waals surface area contributed by atoms with Gasteiger partial charge in [0.2, 0.25) is 0 Å². The van der Waals surface area contributed by atoms with Gasteiger partial charge in [0, 0.05) is 5.41 Å². The van der Waals surface area contributed by atoms with Crippen LogP contribution in [0, 0.1) is 12.3 Å². The minimum atomic E-state index is 0.0268. The van der Waals surface area contributed by atoms with Crippen molar-refractivity contribution < 1.29 is 9.52 Å². The fourth-order valence-electron chi connectivity index (χ4n) is 2.06. The Morgan fingerprint density at radius 1 is 1.57 bits per heavy atom. The van der Waals surface area contributed by atoms with Crippen LogP contribution in [0.4, 0.5) is 0 Å². The Hall–Kier alpha value is -0.800. The molecule has 1 aliphatic rings. The molecule has 2 rings (SSSR count). The van der Waals surface area contributed by atoms with Crippen molar-refractivity contribution in [3.63, 3.8) is 0 Å². The number of hydrogen-bond acceptors (Lipinski definition) is 3. The molecule has 1 aliphatic carbocycles. The molecule has 1 unspecified atom stereocenters. The molecule has 0 radical (unpaired) electrons. The monoisotopic (exact) mass is 195 g/mol. The molecule has 1 aromatic heterocycles. The number of rotatable bonds is 4. The molecule has 3 nitrogen and oxygen atoms in total. The zero-order chi connectivity index (χ0) is 10.2. The Labute approximate surface area is 84.1 Å². The van der Waals surface area contributed by atoms with E-state index >= 15 is 0 Å². The van der Waals surface area contributed by atoms with Crippen molar-refractivity contribution in [2.75, 3.05) is 13.7 Å². The zero-order valence-electron chi connectivity index (χ0n) is 8.71. The van der Waals surface area contributed by atoms with Crippen LogP contribution in [0.1, 0.15) is 30.4 Å². The Bertz CT molecular complexity index is 315. The summed E-state index contributed by atoms with van der Waals surface area (Å²) in [5.41, 5.74) is 0.0268. The van der Waals surface area contributed by atoms with Gasteiger partial charge in [0.25, 0.3) is 0 Å². The Morgan fingerprint density at radius 2 is 2.29 bits per heavy atom. The number of nitrogens with one attached hydrogen (secondary N) is 1. The third-order valence-electron chi connectivity index (χ3n) is 3.15. The van der Waals surface area contributed by atoms with Crippen molar-refractivity contribution in [2.45, 2.75) is 25.8 Å². The first kappa shape index (κ1) is 9.74. The summed E-state index contributed by atoms with van der Waals surface area (Å²) in [5.74, 6) is 1.87. The Balaban J connectivity index is 2.22. The van der Waals surface area contributed by atoms with E-state index in [4.69, 9.17) is 4.42 Å². The van der Waals surface area contributed by atoms with Crippen LogP contribution < -0.4 is 5.32 Å². The van der Waals surface area contributed by atoms with Gasteiger partial charge in [-0.3, -0.25) is 0 Å². The quantitative estimate of drug-likeness (QED) is 0.767. The number of aliphatic hydroxyl groups is 1. The summed E-state index contributed by atoms with van der Waals surface area (Å²) in [7, 11) is 1.91. The van der Waals surface area contributed by atoms with Crippen LogP contribution in [0.15, 0.2) is 16.5 Å². The SMILES string of the molecule is CNC(c1ccc(C)o1)C1(CO)CC1. The molecule has 0 amide bonds. The molecule has 1 saturated carbocycles. The van der Waals surface area contributed by atoms with Gasteiger partial charge in [-0.2, -0.15) is 0 Å². The average molecular weight is 195 g/mol. The van der Waals surface area contributed by atoms with E-state index in [1.54, 1.807) is 0 Å². The van der Waals surface area contributed by atoms with Gasteiger partial charge in [0.1, 0.15) is 11.5 Å². The number of aliphatic hydroxyl groups excluding tert-OH is 1. The third-order valence-corrected chi connectivity index (χ3v) is 3.15. The van der Waals surface area contributed by atoms with Gasteiger partial charge < -0.3 is 14.8 Å². The first-order valence-electron chi connectivity index (χ1n) is 5.06. The van der Waals surface area contributed by atoms with Gasteiger partial charge in [-0.1, -0.05) is 0 Å². The van der Waals surface area contributed by atoms with Gasteiger partial charge in [0.05, 0.1) is 12.6 Å². The molecule has 1 atom stereocenters. The first-order chi connectivity index (χ1) is 6.72. The Morgan fingerprint density at radius 3 is 2.64 bits per heavy atom. The first-order valence-corrected chi connectivity index (χ1v) is 5.06.